The summed E-state index contributed by atoms with van der Waals surface area (Å²) in [5.41, 5.74) is 2.43. The van der Waals surface area contributed by atoms with Crippen LogP contribution < -0.4 is 0 Å². The molecule has 0 N–H and O–H groups in total. The Morgan fingerprint density at radius 2 is 1.93 bits per heavy atom. The van der Waals surface area contributed by atoms with E-state index in [-0.39, 0.29) is 0 Å². The summed E-state index contributed by atoms with van der Waals surface area (Å²) in [6, 6.07) is 4.21. The van der Waals surface area contributed by atoms with E-state index in [1.165, 1.54) is 37.7 Å². The molecule has 1 aliphatic carbocycles. The van der Waals surface area contributed by atoms with E-state index >= 15 is 0 Å². The van der Waals surface area contributed by atoms with Gasteiger partial charge in [0, 0.05) is 5.69 Å². The second kappa shape index (κ2) is 4.31. The van der Waals surface area contributed by atoms with Crippen molar-refractivity contribution in [3.8, 4) is 0 Å². The lowest BCUT2D eigenvalue weighted by atomic mass is 9.84. The van der Waals surface area contributed by atoms with E-state index in [0.29, 0.717) is 5.15 Å². The SMILES string of the molecule is Cc1cc(C2CCCCC2)cc(Cl)n1. The molecule has 0 saturated heterocycles. The standard InChI is InChI=1S/C12H16ClN/c1-9-7-11(8-12(13)14-9)10-5-3-2-4-6-10/h7-8,10H,2-6H2,1H3. The Labute approximate surface area is 90.5 Å². The molecular weight excluding hydrogens is 194 g/mol. The molecule has 0 radical (unpaired) electrons. The van der Waals surface area contributed by atoms with Crippen LogP contribution in [0.5, 0.6) is 0 Å². The molecule has 1 saturated carbocycles. The Bertz CT molecular complexity index is 296. The van der Waals surface area contributed by atoms with Crippen molar-refractivity contribution < 1.29 is 0 Å². The van der Waals surface area contributed by atoms with Gasteiger partial charge in [-0.2, -0.15) is 0 Å². The molecule has 1 fully saturated rings. The number of rotatable bonds is 1. The third-order valence-corrected chi connectivity index (χ3v) is 3.21. The molecule has 1 aliphatic rings. The smallest absolute Gasteiger partial charge is 0.129 e. The highest BCUT2D eigenvalue weighted by Gasteiger charge is 2.16. The largest absolute Gasteiger partial charge is 0.241 e. The van der Waals surface area contributed by atoms with Crippen LogP contribution in [-0.2, 0) is 0 Å². The van der Waals surface area contributed by atoms with Gasteiger partial charge in [0.25, 0.3) is 0 Å². The summed E-state index contributed by atoms with van der Waals surface area (Å²) in [4.78, 5) is 4.19. The predicted octanol–water partition coefficient (Wildman–Crippen LogP) is 4.09. The predicted molar refractivity (Wildman–Crippen MR) is 59.8 cm³/mol. The summed E-state index contributed by atoms with van der Waals surface area (Å²) >= 11 is 5.96. The molecule has 2 heteroatoms. The molecule has 0 spiro atoms. The fourth-order valence-electron chi connectivity index (χ4n) is 2.33. The lowest BCUT2D eigenvalue weighted by Crippen LogP contribution is -2.05. The lowest BCUT2D eigenvalue weighted by molar-refractivity contribution is 0.443. The minimum atomic E-state index is 0.644. The quantitative estimate of drug-likeness (QED) is 0.635. The van der Waals surface area contributed by atoms with Crippen LogP contribution in [0.25, 0.3) is 0 Å². The van der Waals surface area contributed by atoms with Crippen molar-refractivity contribution in [3.63, 3.8) is 0 Å². The second-order valence-corrected chi connectivity index (χ2v) is 4.59. The summed E-state index contributed by atoms with van der Waals surface area (Å²) in [5.74, 6) is 0.725. The van der Waals surface area contributed by atoms with E-state index in [4.69, 9.17) is 11.6 Å². The number of pyridine rings is 1. The van der Waals surface area contributed by atoms with E-state index in [9.17, 15) is 0 Å². The van der Waals surface area contributed by atoms with Crippen LogP contribution in [0, 0.1) is 6.92 Å². The minimum absolute atomic E-state index is 0.644. The van der Waals surface area contributed by atoms with Crippen LogP contribution in [0.4, 0.5) is 0 Å². The average Bonchev–Trinajstić information content (AvgIpc) is 2.18. The van der Waals surface area contributed by atoms with Gasteiger partial charge in [0.05, 0.1) is 0 Å². The maximum atomic E-state index is 5.96. The molecule has 0 unspecified atom stereocenters. The zero-order valence-corrected chi connectivity index (χ0v) is 9.35. The monoisotopic (exact) mass is 209 g/mol. The van der Waals surface area contributed by atoms with Gasteiger partial charge in [-0.05, 0) is 43.4 Å². The molecule has 0 amide bonds. The summed E-state index contributed by atoms with van der Waals surface area (Å²) in [5, 5.41) is 0.644. The topological polar surface area (TPSA) is 12.9 Å². The number of aromatic nitrogens is 1. The lowest BCUT2D eigenvalue weighted by Gasteiger charge is -2.22. The zero-order valence-electron chi connectivity index (χ0n) is 8.59. The van der Waals surface area contributed by atoms with Crippen molar-refractivity contribution in [2.45, 2.75) is 44.9 Å². The maximum Gasteiger partial charge on any atom is 0.129 e. The Hall–Kier alpha value is -0.560. The highest BCUT2D eigenvalue weighted by atomic mass is 35.5. The van der Waals surface area contributed by atoms with Crippen molar-refractivity contribution in [1.29, 1.82) is 0 Å². The van der Waals surface area contributed by atoms with Gasteiger partial charge in [-0.15, -0.1) is 0 Å². The molecule has 76 valence electrons. The van der Waals surface area contributed by atoms with Crippen molar-refractivity contribution in [2.24, 2.45) is 0 Å². The van der Waals surface area contributed by atoms with Crippen molar-refractivity contribution in [2.75, 3.05) is 0 Å². The number of halogens is 1. The van der Waals surface area contributed by atoms with Gasteiger partial charge >= 0.3 is 0 Å². The molecule has 1 heterocycles. The van der Waals surface area contributed by atoms with Crippen molar-refractivity contribution in [1.82, 2.24) is 4.98 Å². The van der Waals surface area contributed by atoms with Gasteiger partial charge < -0.3 is 0 Å². The van der Waals surface area contributed by atoms with E-state index in [1.807, 2.05) is 13.0 Å². The molecule has 14 heavy (non-hydrogen) atoms. The molecule has 1 nitrogen and oxygen atoms in total. The highest BCUT2D eigenvalue weighted by molar-refractivity contribution is 6.29. The van der Waals surface area contributed by atoms with Crippen LogP contribution in [0.3, 0.4) is 0 Å². The minimum Gasteiger partial charge on any atom is -0.241 e. The van der Waals surface area contributed by atoms with E-state index < -0.39 is 0 Å². The van der Waals surface area contributed by atoms with Gasteiger partial charge in [0.2, 0.25) is 0 Å². The molecule has 1 aromatic rings. The van der Waals surface area contributed by atoms with E-state index in [2.05, 4.69) is 11.1 Å². The molecule has 0 aliphatic heterocycles. The van der Waals surface area contributed by atoms with E-state index in [1.54, 1.807) is 0 Å². The number of hydrogen-bond donors (Lipinski definition) is 0. The fraction of sp³-hybridized carbons (Fsp3) is 0.583. The van der Waals surface area contributed by atoms with E-state index in [0.717, 1.165) is 11.6 Å². The van der Waals surface area contributed by atoms with Gasteiger partial charge in [0.15, 0.2) is 0 Å². The Morgan fingerprint density at radius 3 is 2.57 bits per heavy atom. The molecule has 0 bridgehead atoms. The summed E-state index contributed by atoms with van der Waals surface area (Å²) < 4.78 is 0. The van der Waals surface area contributed by atoms with Crippen LogP contribution in [-0.4, -0.2) is 4.98 Å². The first-order valence-corrected chi connectivity index (χ1v) is 5.77. The van der Waals surface area contributed by atoms with Crippen LogP contribution in [0.1, 0.15) is 49.3 Å². The average molecular weight is 210 g/mol. The van der Waals surface area contributed by atoms with Gasteiger partial charge in [-0.3, -0.25) is 0 Å². The van der Waals surface area contributed by atoms with Gasteiger partial charge in [-0.25, -0.2) is 4.98 Å². The Balaban J connectivity index is 2.21. The van der Waals surface area contributed by atoms with Gasteiger partial charge in [0.1, 0.15) is 5.15 Å². The third-order valence-electron chi connectivity index (χ3n) is 3.02. The third kappa shape index (κ3) is 2.27. The van der Waals surface area contributed by atoms with Gasteiger partial charge in [-0.1, -0.05) is 30.9 Å². The number of hydrogen-bond acceptors (Lipinski definition) is 1. The first-order valence-electron chi connectivity index (χ1n) is 5.40. The maximum absolute atomic E-state index is 5.96. The van der Waals surface area contributed by atoms with Crippen LogP contribution in [0.2, 0.25) is 5.15 Å². The summed E-state index contributed by atoms with van der Waals surface area (Å²) in [6.45, 7) is 2.01. The van der Waals surface area contributed by atoms with Crippen molar-refractivity contribution >= 4 is 11.6 Å². The second-order valence-electron chi connectivity index (χ2n) is 4.20. The highest BCUT2D eigenvalue weighted by Crippen LogP contribution is 2.33. The molecule has 2 rings (SSSR count). The zero-order chi connectivity index (χ0) is 9.97. The molecule has 0 aromatic carbocycles. The molecule has 0 atom stereocenters. The van der Waals surface area contributed by atoms with Crippen LogP contribution in [0.15, 0.2) is 12.1 Å². The number of nitrogens with zero attached hydrogens (tertiary/aromatic N) is 1. The fourth-order valence-corrected chi connectivity index (χ4v) is 2.58. The normalized spacial score (nSPS) is 18.4. The Morgan fingerprint density at radius 1 is 1.21 bits per heavy atom. The first kappa shape index (κ1) is 9.97. The molecular formula is C12H16ClN. The Kier molecular flexibility index (Phi) is 3.07. The van der Waals surface area contributed by atoms with Crippen molar-refractivity contribution in [3.05, 3.63) is 28.5 Å². The summed E-state index contributed by atoms with van der Waals surface area (Å²) in [6.07, 6.45) is 6.77. The number of aryl methyl sites for hydroxylation is 1. The molecule has 1 aromatic heterocycles. The first-order chi connectivity index (χ1) is 6.75. The summed E-state index contributed by atoms with van der Waals surface area (Å²) in [7, 11) is 0. The van der Waals surface area contributed by atoms with Crippen LogP contribution >= 0.6 is 11.6 Å².